The van der Waals surface area contributed by atoms with Gasteiger partial charge in [-0.05, 0) is 41.7 Å². The van der Waals surface area contributed by atoms with Gasteiger partial charge in [0.2, 0.25) is 11.8 Å². The van der Waals surface area contributed by atoms with Crippen molar-refractivity contribution in [2.75, 3.05) is 6.54 Å². The minimum absolute atomic E-state index is 0.0147. The summed E-state index contributed by atoms with van der Waals surface area (Å²) < 4.78 is 6.40. The van der Waals surface area contributed by atoms with Crippen molar-refractivity contribution in [3.05, 3.63) is 69.6 Å². The zero-order chi connectivity index (χ0) is 30.2. The fourth-order valence-corrected chi connectivity index (χ4v) is 6.13. The fourth-order valence-electron chi connectivity index (χ4n) is 4.97. The van der Waals surface area contributed by atoms with Crippen molar-refractivity contribution >= 4 is 56.1 Å². The van der Waals surface area contributed by atoms with E-state index in [1.807, 2.05) is 57.5 Å². The lowest BCUT2D eigenvalue weighted by atomic mass is 9.85. The number of carbonyl (C=O) groups is 3. The maximum absolute atomic E-state index is 13.8. The van der Waals surface area contributed by atoms with E-state index in [0.717, 1.165) is 26.2 Å². The predicted octanol–water partition coefficient (Wildman–Crippen LogP) is 4.44. The molecule has 0 radical (unpaired) electrons. The third-order valence-electron chi connectivity index (χ3n) is 7.23. The van der Waals surface area contributed by atoms with Crippen LogP contribution in [0, 0.1) is 12.3 Å². The number of nitrogens with one attached hydrogen (secondary N) is 2. The van der Waals surface area contributed by atoms with Gasteiger partial charge in [0.05, 0.1) is 22.2 Å². The first-order valence-electron chi connectivity index (χ1n) is 13.5. The molecular formula is C30H32BrN5O5S. The van der Waals surface area contributed by atoms with E-state index in [-0.39, 0.29) is 31.3 Å². The van der Waals surface area contributed by atoms with E-state index in [9.17, 15) is 19.5 Å². The lowest BCUT2D eigenvalue weighted by Gasteiger charge is -2.35. The molecule has 0 spiro atoms. The number of hydrogen-bond donors (Lipinski definition) is 3. The Kier molecular flexibility index (Phi) is 8.49. The highest BCUT2D eigenvalue weighted by molar-refractivity contribution is 9.10. The zero-order valence-electron chi connectivity index (χ0n) is 23.7. The van der Waals surface area contributed by atoms with Crippen LogP contribution in [0.25, 0.3) is 21.5 Å². The van der Waals surface area contributed by atoms with Crippen molar-refractivity contribution in [3.63, 3.8) is 0 Å². The molecule has 0 aliphatic carbocycles. The van der Waals surface area contributed by atoms with Crippen LogP contribution in [-0.2, 0) is 16.1 Å². The van der Waals surface area contributed by atoms with Gasteiger partial charge in [0.25, 0.3) is 5.89 Å². The van der Waals surface area contributed by atoms with Crippen LogP contribution in [0.5, 0.6) is 0 Å². The van der Waals surface area contributed by atoms with Gasteiger partial charge in [-0.15, -0.1) is 11.3 Å². The molecule has 0 bridgehead atoms. The van der Waals surface area contributed by atoms with Crippen LogP contribution in [0.1, 0.15) is 49.1 Å². The van der Waals surface area contributed by atoms with Crippen LogP contribution in [-0.4, -0.2) is 62.4 Å². The quantitative estimate of drug-likeness (QED) is 0.268. The highest BCUT2D eigenvalue weighted by Gasteiger charge is 2.44. The van der Waals surface area contributed by atoms with Crippen molar-refractivity contribution < 1.29 is 23.9 Å². The molecule has 2 aromatic heterocycles. The van der Waals surface area contributed by atoms with Crippen molar-refractivity contribution in [1.82, 2.24) is 25.5 Å². The fraction of sp³-hybridized carbons (Fsp3) is 0.367. The summed E-state index contributed by atoms with van der Waals surface area (Å²) in [5.41, 5.74) is 4.96. The second-order valence-electron chi connectivity index (χ2n) is 11.5. The summed E-state index contributed by atoms with van der Waals surface area (Å²) in [5, 5.41) is 16.1. The molecule has 2 aromatic carbocycles. The topological polar surface area (TPSA) is 138 Å². The maximum Gasteiger partial charge on any atom is 0.307 e. The second kappa shape index (κ2) is 11.9. The molecule has 10 nitrogen and oxygen atoms in total. The van der Waals surface area contributed by atoms with Crippen molar-refractivity contribution in [1.29, 1.82) is 0 Å². The summed E-state index contributed by atoms with van der Waals surface area (Å²) >= 11 is 4.95. The Bertz CT molecular complexity index is 1630. The van der Waals surface area contributed by atoms with E-state index in [2.05, 4.69) is 36.5 Å². The van der Waals surface area contributed by atoms with Crippen LogP contribution in [0.15, 0.2) is 56.9 Å². The molecule has 12 heteroatoms. The summed E-state index contributed by atoms with van der Waals surface area (Å²) in [4.78, 5) is 51.3. The number of aliphatic hydroxyl groups is 1. The summed E-state index contributed by atoms with van der Waals surface area (Å²) in [6.07, 6.45) is -0.759. The standard InChI is InChI=1S/C30H32BrN5O5S/c1-16-24(42-15-33-16)18-7-5-17(6-8-18)13-32-26(38)22-12-20(37)14-36(22)29(40)25(30(2,3)4)35-27(39)28-34-21-11-19(31)9-10-23(21)41-28/h5-11,15,20,22,25,37H,12-14H2,1-4H3,(H,32,38)(H,35,39)/t20-,22+,25-/m1/s1. The smallest absolute Gasteiger partial charge is 0.307 e. The molecular weight excluding hydrogens is 622 g/mol. The number of aryl methyl sites for hydroxylation is 1. The number of amides is 3. The molecule has 3 amide bonds. The number of aliphatic hydroxyl groups excluding tert-OH is 1. The third kappa shape index (κ3) is 6.40. The minimum Gasteiger partial charge on any atom is -0.432 e. The first kappa shape index (κ1) is 29.9. The summed E-state index contributed by atoms with van der Waals surface area (Å²) in [7, 11) is 0. The van der Waals surface area contributed by atoms with Gasteiger partial charge in [-0.3, -0.25) is 14.4 Å². The molecule has 3 atom stereocenters. The molecule has 0 unspecified atom stereocenters. The van der Waals surface area contributed by atoms with Gasteiger partial charge in [-0.2, -0.15) is 0 Å². The number of oxazole rings is 1. The number of likely N-dealkylation sites (tertiary alicyclic amines) is 1. The Balaban J connectivity index is 1.27. The van der Waals surface area contributed by atoms with Gasteiger partial charge in [-0.1, -0.05) is 61.0 Å². The first-order chi connectivity index (χ1) is 19.9. The highest BCUT2D eigenvalue weighted by Crippen LogP contribution is 2.29. The number of aromatic nitrogens is 2. The van der Waals surface area contributed by atoms with E-state index < -0.39 is 35.4 Å². The van der Waals surface area contributed by atoms with Gasteiger partial charge in [-0.25, -0.2) is 9.97 Å². The van der Waals surface area contributed by atoms with Crippen molar-refractivity contribution in [2.24, 2.45) is 5.41 Å². The Morgan fingerprint density at radius 2 is 1.93 bits per heavy atom. The second-order valence-corrected chi connectivity index (χ2v) is 13.3. The predicted molar refractivity (Wildman–Crippen MR) is 163 cm³/mol. The maximum atomic E-state index is 13.8. The molecule has 1 saturated heterocycles. The van der Waals surface area contributed by atoms with Gasteiger partial charge in [0.15, 0.2) is 5.58 Å². The van der Waals surface area contributed by atoms with E-state index in [4.69, 9.17) is 4.42 Å². The first-order valence-corrected chi connectivity index (χ1v) is 15.2. The van der Waals surface area contributed by atoms with E-state index in [1.165, 1.54) is 4.90 Å². The lowest BCUT2D eigenvalue weighted by Crippen LogP contribution is -2.57. The molecule has 220 valence electrons. The Labute approximate surface area is 255 Å². The van der Waals surface area contributed by atoms with Crippen LogP contribution in [0.4, 0.5) is 0 Å². The molecule has 1 aliphatic rings. The third-order valence-corrected chi connectivity index (χ3v) is 8.70. The number of fused-ring (bicyclic) bond motifs is 1. The van der Waals surface area contributed by atoms with Crippen LogP contribution in [0.3, 0.4) is 0 Å². The molecule has 3 N–H and O–H groups in total. The minimum atomic E-state index is -1.00. The number of rotatable bonds is 7. The Hall–Kier alpha value is -3.61. The highest BCUT2D eigenvalue weighted by atomic mass is 79.9. The summed E-state index contributed by atoms with van der Waals surface area (Å²) in [6.45, 7) is 7.67. The lowest BCUT2D eigenvalue weighted by molar-refractivity contribution is -0.142. The van der Waals surface area contributed by atoms with E-state index in [0.29, 0.717) is 11.1 Å². The van der Waals surface area contributed by atoms with Crippen molar-refractivity contribution in [3.8, 4) is 10.4 Å². The van der Waals surface area contributed by atoms with Crippen molar-refractivity contribution in [2.45, 2.75) is 58.8 Å². The Morgan fingerprint density at radius 3 is 2.60 bits per heavy atom. The largest absolute Gasteiger partial charge is 0.432 e. The summed E-state index contributed by atoms with van der Waals surface area (Å²) in [6, 6.07) is 11.2. The SMILES string of the molecule is Cc1ncsc1-c1ccc(CNC(=O)[C@@H]2C[C@@H](O)CN2C(=O)[C@@H](NC(=O)c2nc3cc(Br)ccc3o2)C(C)(C)C)cc1. The number of hydrogen-bond acceptors (Lipinski definition) is 8. The average molecular weight is 655 g/mol. The average Bonchev–Trinajstić information content (AvgIpc) is 3.67. The molecule has 5 rings (SSSR count). The molecule has 1 fully saturated rings. The van der Waals surface area contributed by atoms with Crippen LogP contribution < -0.4 is 10.6 Å². The number of nitrogens with zero attached hydrogens (tertiary/aromatic N) is 3. The number of carbonyl (C=O) groups excluding carboxylic acids is 3. The number of β-amino-alcohol motifs (C(OH)–C–C–N with tert-alkyl or cyclic N) is 1. The van der Waals surface area contributed by atoms with Gasteiger partial charge in [0.1, 0.15) is 17.6 Å². The van der Waals surface area contributed by atoms with Crippen LogP contribution >= 0.6 is 27.3 Å². The monoisotopic (exact) mass is 653 g/mol. The van der Waals surface area contributed by atoms with Gasteiger partial charge < -0.3 is 25.1 Å². The number of benzene rings is 2. The van der Waals surface area contributed by atoms with Gasteiger partial charge >= 0.3 is 5.91 Å². The van der Waals surface area contributed by atoms with Gasteiger partial charge in [0, 0.05) is 24.0 Å². The molecule has 0 saturated carbocycles. The molecule has 4 aromatic rings. The Morgan fingerprint density at radius 1 is 1.19 bits per heavy atom. The van der Waals surface area contributed by atoms with Crippen LogP contribution in [0.2, 0.25) is 0 Å². The summed E-state index contributed by atoms with van der Waals surface area (Å²) in [5.74, 6) is -1.65. The number of thiazole rings is 1. The molecule has 1 aliphatic heterocycles. The zero-order valence-corrected chi connectivity index (χ0v) is 26.1. The number of halogens is 1. The van der Waals surface area contributed by atoms with E-state index in [1.54, 1.807) is 29.5 Å². The normalized spacial score (nSPS) is 17.8. The molecule has 42 heavy (non-hydrogen) atoms. The van der Waals surface area contributed by atoms with E-state index >= 15 is 0 Å². The molecule has 3 heterocycles.